The summed E-state index contributed by atoms with van der Waals surface area (Å²) in [5.41, 5.74) is 0. The van der Waals surface area contributed by atoms with Crippen molar-refractivity contribution in [1.82, 2.24) is 10.0 Å². The summed E-state index contributed by atoms with van der Waals surface area (Å²) in [7, 11) is -1.27. The average molecular weight is 276 g/mol. The van der Waals surface area contributed by atoms with Crippen LogP contribution in [0.25, 0.3) is 0 Å². The molecule has 18 heavy (non-hydrogen) atoms. The Kier molecular flexibility index (Phi) is 6.60. The Balaban J connectivity index is 2.52. The van der Waals surface area contributed by atoms with Crippen molar-refractivity contribution in [3.63, 3.8) is 0 Å². The molecule has 0 aliphatic heterocycles. The molecule has 1 rings (SSSR count). The predicted molar refractivity (Wildman–Crippen MR) is 76.1 cm³/mol. The predicted octanol–water partition coefficient (Wildman–Crippen LogP) is 1.73. The van der Waals surface area contributed by atoms with Gasteiger partial charge in [-0.2, -0.15) is 0 Å². The standard InChI is InChI=1S/C13H28N2O2S/c1-11(2)12-7-4-5-8-13(12)15-18(16,17)10-6-9-14-3/h11-15H,4-10H2,1-3H3. The summed E-state index contributed by atoms with van der Waals surface area (Å²) >= 11 is 0. The summed E-state index contributed by atoms with van der Waals surface area (Å²) < 4.78 is 26.9. The van der Waals surface area contributed by atoms with Crippen LogP contribution >= 0.6 is 0 Å². The average Bonchev–Trinajstić information content (AvgIpc) is 2.29. The van der Waals surface area contributed by atoms with E-state index in [-0.39, 0.29) is 11.8 Å². The lowest BCUT2D eigenvalue weighted by Crippen LogP contribution is -2.44. The van der Waals surface area contributed by atoms with Crippen molar-refractivity contribution in [3.8, 4) is 0 Å². The Hall–Kier alpha value is -0.130. The molecule has 2 unspecified atom stereocenters. The van der Waals surface area contributed by atoms with Gasteiger partial charge in [0, 0.05) is 6.04 Å². The zero-order valence-corrected chi connectivity index (χ0v) is 12.7. The third-order valence-electron chi connectivity index (χ3n) is 3.85. The fraction of sp³-hybridized carbons (Fsp3) is 1.00. The molecule has 0 aromatic carbocycles. The minimum atomic E-state index is -3.11. The summed E-state index contributed by atoms with van der Waals surface area (Å²) in [5, 5.41) is 2.98. The highest BCUT2D eigenvalue weighted by atomic mass is 32.2. The molecule has 0 aromatic heterocycles. The van der Waals surface area contributed by atoms with Gasteiger partial charge in [-0.15, -0.1) is 0 Å². The van der Waals surface area contributed by atoms with Crippen LogP contribution in [0.15, 0.2) is 0 Å². The molecule has 1 aliphatic rings. The quantitative estimate of drug-likeness (QED) is 0.696. The third kappa shape index (κ3) is 5.24. The maximum absolute atomic E-state index is 12.0. The third-order valence-corrected chi connectivity index (χ3v) is 5.33. The lowest BCUT2D eigenvalue weighted by molar-refractivity contribution is 0.226. The van der Waals surface area contributed by atoms with Gasteiger partial charge in [-0.05, 0) is 44.7 Å². The Morgan fingerprint density at radius 1 is 1.22 bits per heavy atom. The van der Waals surface area contributed by atoms with Crippen LogP contribution in [0.2, 0.25) is 0 Å². The Morgan fingerprint density at radius 3 is 2.50 bits per heavy atom. The lowest BCUT2D eigenvalue weighted by Gasteiger charge is -2.34. The zero-order chi connectivity index (χ0) is 13.6. The molecule has 0 aromatic rings. The summed E-state index contributed by atoms with van der Waals surface area (Å²) in [6, 6.07) is 0.151. The van der Waals surface area contributed by atoms with E-state index in [9.17, 15) is 8.42 Å². The minimum absolute atomic E-state index is 0.151. The highest BCUT2D eigenvalue weighted by Crippen LogP contribution is 2.30. The van der Waals surface area contributed by atoms with Crippen LogP contribution in [0.3, 0.4) is 0 Å². The smallest absolute Gasteiger partial charge is 0.211 e. The van der Waals surface area contributed by atoms with Gasteiger partial charge in [0.15, 0.2) is 0 Å². The molecule has 2 atom stereocenters. The first-order valence-corrected chi connectivity index (χ1v) is 8.76. The van der Waals surface area contributed by atoms with E-state index >= 15 is 0 Å². The van der Waals surface area contributed by atoms with E-state index in [1.54, 1.807) is 0 Å². The summed E-state index contributed by atoms with van der Waals surface area (Å²) in [5.74, 6) is 1.28. The first-order chi connectivity index (χ1) is 8.46. The fourth-order valence-corrected chi connectivity index (χ4v) is 4.23. The van der Waals surface area contributed by atoms with Crippen LogP contribution < -0.4 is 10.0 Å². The zero-order valence-electron chi connectivity index (χ0n) is 11.9. The van der Waals surface area contributed by atoms with Crippen LogP contribution in [0, 0.1) is 11.8 Å². The van der Waals surface area contributed by atoms with Crippen molar-refractivity contribution in [2.75, 3.05) is 19.3 Å². The largest absolute Gasteiger partial charge is 0.320 e. The summed E-state index contributed by atoms with van der Waals surface area (Å²) in [4.78, 5) is 0. The first-order valence-electron chi connectivity index (χ1n) is 7.11. The van der Waals surface area contributed by atoms with Gasteiger partial charge in [-0.1, -0.05) is 26.7 Å². The molecule has 1 saturated carbocycles. The van der Waals surface area contributed by atoms with Gasteiger partial charge in [0.1, 0.15) is 0 Å². The molecule has 1 fully saturated rings. The summed E-state index contributed by atoms with van der Waals surface area (Å²) in [6.45, 7) is 5.13. The molecule has 0 bridgehead atoms. The van der Waals surface area contributed by atoms with Crippen molar-refractivity contribution < 1.29 is 8.42 Å². The molecule has 0 saturated heterocycles. The molecule has 0 amide bonds. The van der Waals surface area contributed by atoms with E-state index in [0.717, 1.165) is 25.8 Å². The molecule has 1 aliphatic carbocycles. The van der Waals surface area contributed by atoms with Crippen LogP contribution in [0.4, 0.5) is 0 Å². The van der Waals surface area contributed by atoms with Gasteiger partial charge in [0.05, 0.1) is 5.75 Å². The Labute approximate surface area is 112 Å². The number of sulfonamides is 1. The molecule has 2 N–H and O–H groups in total. The minimum Gasteiger partial charge on any atom is -0.320 e. The second-order valence-electron chi connectivity index (χ2n) is 5.69. The molecule has 0 heterocycles. The van der Waals surface area contributed by atoms with Crippen LogP contribution in [-0.4, -0.2) is 33.8 Å². The second kappa shape index (κ2) is 7.46. The molecular weight excluding hydrogens is 248 g/mol. The van der Waals surface area contributed by atoms with Crippen LogP contribution in [-0.2, 0) is 10.0 Å². The first kappa shape index (κ1) is 15.9. The van der Waals surface area contributed by atoms with E-state index in [4.69, 9.17) is 0 Å². The normalized spacial score (nSPS) is 25.6. The van der Waals surface area contributed by atoms with Gasteiger partial charge in [0.25, 0.3) is 0 Å². The van der Waals surface area contributed by atoms with Gasteiger partial charge in [-0.3, -0.25) is 0 Å². The maximum Gasteiger partial charge on any atom is 0.211 e. The van der Waals surface area contributed by atoms with Crippen molar-refractivity contribution in [3.05, 3.63) is 0 Å². The molecular formula is C13H28N2O2S. The highest BCUT2D eigenvalue weighted by molar-refractivity contribution is 7.89. The topological polar surface area (TPSA) is 58.2 Å². The molecule has 0 radical (unpaired) electrons. The Morgan fingerprint density at radius 2 is 1.89 bits per heavy atom. The number of hydrogen-bond acceptors (Lipinski definition) is 3. The van der Waals surface area contributed by atoms with E-state index < -0.39 is 10.0 Å². The van der Waals surface area contributed by atoms with Crippen LogP contribution in [0.5, 0.6) is 0 Å². The SMILES string of the molecule is CNCCCS(=O)(=O)NC1CCCCC1C(C)C. The maximum atomic E-state index is 12.0. The monoisotopic (exact) mass is 276 g/mol. The van der Waals surface area contributed by atoms with Crippen molar-refractivity contribution in [1.29, 1.82) is 0 Å². The van der Waals surface area contributed by atoms with Gasteiger partial charge in [0.2, 0.25) is 10.0 Å². The van der Waals surface area contributed by atoms with Crippen molar-refractivity contribution >= 4 is 10.0 Å². The number of hydrogen-bond donors (Lipinski definition) is 2. The van der Waals surface area contributed by atoms with Crippen molar-refractivity contribution in [2.24, 2.45) is 11.8 Å². The number of nitrogens with one attached hydrogen (secondary N) is 2. The number of rotatable bonds is 7. The van der Waals surface area contributed by atoms with Gasteiger partial charge < -0.3 is 5.32 Å². The van der Waals surface area contributed by atoms with Crippen LogP contribution in [0.1, 0.15) is 46.0 Å². The molecule has 5 heteroatoms. The van der Waals surface area contributed by atoms with E-state index in [2.05, 4.69) is 23.9 Å². The molecule has 108 valence electrons. The highest BCUT2D eigenvalue weighted by Gasteiger charge is 2.30. The lowest BCUT2D eigenvalue weighted by atomic mass is 9.78. The van der Waals surface area contributed by atoms with Gasteiger partial charge in [-0.25, -0.2) is 13.1 Å². The Bertz CT molecular complexity index is 328. The second-order valence-corrected chi connectivity index (χ2v) is 7.57. The molecule has 0 spiro atoms. The van der Waals surface area contributed by atoms with Gasteiger partial charge >= 0.3 is 0 Å². The van der Waals surface area contributed by atoms with Crippen molar-refractivity contribution in [2.45, 2.75) is 52.0 Å². The fourth-order valence-electron chi connectivity index (χ4n) is 2.83. The van der Waals surface area contributed by atoms with E-state index in [1.807, 2.05) is 7.05 Å². The molecule has 4 nitrogen and oxygen atoms in total. The van der Waals surface area contributed by atoms with E-state index in [1.165, 1.54) is 6.42 Å². The van der Waals surface area contributed by atoms with E-state index in [0.29, 0.717) is 18.3 Å². The summed E-state index contributed by atoms with van der Waals surface area (Å²) in [6.07, 6.45) is 5.20.